The molecule has 74 heavy (non-hydrogen) atoms. The van der Waals surface area contributed by atoms with Crippen LogP contribution in [0.5, 0.6) is 11.5 Å². The molecule has 0 amide bonds. The standard InChI is InChI=1S/C32H27NOSi.C20H17Br2NO.C12H10Cl2Si/c1-34-26-22-20-25(21-23-26)24-33-29-16-8-10-18-31(29)35(27-12-4-2-5-13-27,28-14-6-3-7-15-28)32-19-11-9-17-30(32)33;1-24-16-12-10-15(11-13-16)14-23(19-8-4-2-6-17(19)21)20-9-5-3-7-18(20)22;13-15(14,11-7-3-1-4-8-11)12-9-5-2-6-10-12/h2-23H,24H2,1H3;2-13H,14H2,1H3;1-10H. The quantitative estimate of drug-likeness (QED) is 0.0899. The number of anilines is 4. The molecule has 1 aliphatic rings. The van der Waals surface area contributed by atoms with Crippen molar-refractivity contribution in [2.45, 2.75) is 13.1 Å². The molecule has 11 rings (SSSR count). The van der Waals surface area contributed by atoms with Crippen molar-refractivity contribution < 1.29 is 9.47 Å². The van der Waals surface area contributed by atoms with Crippen LogP contribution in [0.4, 0.5) is 22.7 Å². The fraction of sp³-hybridized carbons (Fsp3) is 0.0625. The Balaban J connectivity index is 0.000000149. The Kier molecular flexibility index (Phi) is 17.4. The second-order valence-corrected chi connectivity index (χ2v) is 29.3. The van der Waals surface area contributed by atoms with Gasteiger partial charge in [0.15, 0.2) is 8.07 Å². The first-order valence-electron chi connectivity index (χ1n) is 24.3. The third-order valence-corrected chi connectivity index (χ3v) is 24.1. The third kappa shape index (κ3) is 11.5. The zero-order chi connectivity index (χ0) is 51.3. The van der Waals surface area contributed by atoms with E-state index in [1.165, 1.54) is 43.2 Å². The molecule has 4 nitrogen and oxygen atoms in total. The summed E-state index contributed by atoms with van der Waals surface area (Å²) in [5.74, 6) is 1.75. The van der Waals surface area contributed by atoms with E-state index in [0.29, 0.717) is 0 Å². The van der Waals surface area contributed by atoms with E-state index in [0.717, 1.165) is 55.3 Å². The summed E-state index contributed by atoms with van der Waals surface area (Å²) in [7, 11) is 0.884. The first-order valence-corrected chi connectivity index (χ1v) is 31.9. The summed E-state index contributed by atoms with van der Waals surface area (Å²) in [6.45, 7) is -0.954. The molecule has 1 aliphatic heterocycles. The molecule has 10 aromatic carbocycles. The van der Waals surface area contributed by atoms with Crippen LogP contribution < -0.4 is 50.4 Å². The number of methoxy groups -OCH3 is 2. The summed E-state index contributed by atoms with van der Waals surface area (Å²) < 4.78 is 12.8. The van der Waals surface area contributed by atoms with Gasteiger partial charge in [-0.25, -0.2) is 0 Å². The molecule has 0 saturated heterocycles. The normalized spacial score (nSPS) is 12.1. The number of halogens is 4. The van der Waals surface area contributed by atoms with Crippen LogP contribution in [0, 0.1) is 0 Å². The monoisotopic (exact) mass is 1170 g/mol. The van der Waals surface area contributed by atoms with Crippen LogP contribution in [-0.2, 0) is 13.1 Å². The molecule has 0 saturated carbocycles. The Morgan fingerprint density at radius 2 is 0.770 bits per heavy atom. The van der Waals surface area contributed by atoms with E-state index >= 15 is 0 Å². The molecule has 0 spiro atoms. The largest absolute Gasteiger partial charge is 0.497 e. The van der Waals surface area contributed by atoms with Crippen LogP contribution in [0.1, 0.15) is 11.1 Å². The number of ether oxygens (including phenoxy) is 2. The number of hydrogen-bond acceptors (Lipinski definition) is 4. The molecule has 10 heteroatoms. The van der Waals surface area contributed by atoms with E-state index < -0.39 is 14.8 Å². The molecule has 368 valence electrons. The Hall–Kier alpha value is -6.63. The summed E-state index contributed by atoms with van der Waals surface area (Å²) in [4.78, 5) is 4.78. The zero-order valence-electron chi connectivity index (χ0n) is 41.0. The average molecular weight is 1170 g/mol. The minimum Gasteiger partial charge on any atom is -0.497 e. The number of para-hydroxylation sites is 4. The fourth-order valence-electron chi connectivity index (χ4n) is 9.59. The maximum absolute atomic E-state index is 6.49. The Labute approximate surface area is 464 Å². The van der Waals surface area contributed by atoms with E-state index in [2.05, 4.69) is 212 Å². The predicted octanol–water partition coefficient (Wildman–Crippen LogP) is 14.0. The number of benzene rings is 10. The number of nitrogens with zero attached hydrogens (tertiary/aromatic N) is 2. The van der Waals surface area contributed by atoms with Crippen LogP contribution >= 0.6 is 54.0 Å². The van der Waals surface area contributed by atoms with E-state index in [1.807, 2.05) is 97.1 Å². The zero-order valence-corrected chi connectivity index (χ0v) is 47.7. The molecular formula is C64H54Br2Cl2N2O2Si2. The lowest BCUT2D eigenvalue weighted by atomic mass is 10.1. The number of hydrogen-bond donors (Lipinski definition) is 0. The molecule has 0 bridgehead atoms. The second-order valence-electron chi connectivity index (χ2n) is 17.6. The molecule has 0 aromatic heterocycles. The smallest absolute Gasteiger partial charge is 0.310 e. The predicted molar refractivity (Wildman–Crippen MR) is 326 cm³/mol. The molecule has 10 aromatic rings. The Morgan fingerprint density at radius 1 is 0.419 bits per heavy atom. The van der Waals surface area contributed by atoms with Gasteiger partial charge in [0.25, 0.3) is 0 Å². The van der Waals surface area contributed by atoms with Gasteiger partial charge < -0.3 is 19.3 Å². The lowest BCUT2D eigenvalue weighted by Crippen LogP contribution is -2.77. The molecular weight excluding hydrogens is 1120 g/mol. The first-order chi connectivity index (χ1) is 36.2. The molecule has 0 atom stereocenters. The summed E-state index contributed by atoms with van der Waals surface area (Å²) in [5.41, 5.74) is 7.30. The lowest BCUT2D eigenvalue weighted by molar-refractivity contribution is 0.414. The van der Waals surface area contributed by atoms with E-state index in [-0.39, 0.29) is 0 Å². The van der Waals surface area contributed by atoms with Gasteiger partial charge in [-0.05, 0) is 135 Å². The number of rotatable bonds is 12. The van der Waals surface area contributed by atoms with Gasteiger partial charge in [-0.15, -0.1) is 22.2 Å². The van der Waals surface area contributed by atoms with Crippen molar-refractivity contribution in [3.05, 3.63) is 287 Å². The highest BCUT2D eigenvalue weighted by Gasteiger charge is 2.48. The van der Waals surface area contributed by atoms with Gasteiger partial charge in [-0.1, -0.05) is 206 Å². The fourth-order valence-corrected chi connectivity index (χ4v) is 18.8. The van der Waals surface area contributed by atoms with Gasteiger partial charge in [-0.3, -0.25) is 0 Å². The average Bonchev–Trinajstić information content (AvgIpc) is 3.49. The first kappa shape index (κ1) is 52.2. The number of fused-ring (bicyclic) bond motifs is 2. The van der Waals surface area contributed by atoms with Gasteiger partial charge in [0.2, 0.25) is 0 Å². The Morgan fingerprint density at radius 3 is 1.18 bits per heavy atom. The topological polar surface area (TPSA) is 24.9 Å². The highest BCUT2D eigenvalue weighted by molar-refractivity contribution is 9.11. The van der Waals surface area contributed by atoms with Crippen molar-refractivity contribution in [2.24, 2.45) is 0 Å². The van der Waals surface area contributed by atoms with Crippen LogP contribution in [-0.4, -0.2) is 29.0 Å². The maximum Gasteiger partial charge on any atom is 0.310 e. The summed E-state index contributed by atoms with van der Waals surface area (Å²) in [6.07, 6.45) is 0. The van der Waals surface area contributed by atoms with Crippen molar-refractivity contribution in [1.82, 2.24) is 0 Å². The molecule has 0 fully saturated rings. The SMILES string of the molecule is COc1ccc(CN(c2ccccc2Br)c2ccccc2Br)cc1.COc1ccc(CN2c3ccccc3[Si](c3ccccc3)(c3ccccc3)c3ccccc32)cc1.Cl[Si](Cl)(c1ccccc1)c1ccccc1. The maximum atomic E-state index is 6.49. The molecule has 0 radical (unpaired) electrons. The van der Waals surface area contributed by atoms with E-state index in [1.54, 1.807) is 14.2 Å². The van der Waals surface area contributed by atoms with Gasteiger partial charge in [-0.2, -0.15) is 0 Å². The summed E-state index contributed by atoms with van der Waals surface area (Å²) in [6, 6.07) is 93.2. The summed E-state index contributed by atoms with van der Waals surface area (Å²) in [5, 5.41) is 7.75. The minimum absolute atomic E-state index is 0.759. The van der Waals surface area contributed by atoms with Crippen molar-refractivity contribution in [3.63, 3.8) is 0 Å². The van der Waals surface area contributed by atoms with Crippen LogP contribution in [0.3, 0.4) is 0 Å². The van der Waals surface area contributed by atoms with Gasteiger partial charge in [0, 0.05) is 33.4 Å². The van der Waals surface area contributed by atoms with Gasteiger partial charge in [0.05, 0.1) is 25.6 Å². The van der Waals surface area contributed by atoms with Crippen molar-refractivity contribution >= 4 is 123 Å². The van der Waals surface area contributed by atoms with Gasteiger partial charge in [0.1, 0.15) is 11.5 Å². The van der Waals surface area contributed by atoms with Crippen molar-refractivity contribution in [1.29, 1.82) is 0 Å². The molecule has 0 N–H and O–H groups in total. The van der Waals surface area contributed by atoms with E-state index in [4.69, 9.17) is 31.6 Å². The molecule has 0 unspecified atom stereocenters. The van der Waals surface area contributed by atoms with E-state index in [9.17, 15) is 0 Å². The van der Waals surface area contributed by atoms with Crippen molar-refractivity contribution in [3.8, 4) is 11.5 Å². The lowest BCUT2D eigenvalue weighted by Gasteiger charge is -2.45. The van der Waals surface area contributed by atoms with Crippen LogP contribution in [0.15, 0.2) is 276 Å². The highest BCUT2D eigenvalue weighted by atomic mass is 79.9. The minimum atomic E-state index is -2.51. The Bertz CT molecular complexity index is 3200. The summed E-state index contributed by atoms with van der Waals surface area (Å²) >= 11 is 20.3. The van der Waals surface area contributed by atoms with Crippen molar-refractivity contribution in [2.75, 3.05) is 24.0 Å². The second kappa shape index (κ2) is 24.6. The van der Waals surface area contributed by atoms with Crippen LogP contribution in [0.2, 0.25) is 0 Å². The molecule has 1 heterocycles. The van der Waals surface area contributed by atoms with Crippen LogP contribution in [0.25, 0.3) is 0 Å². The molecule has 0 aliphatic carbocycles. The highest BCUT2D eigenvalue weighted by Crippen LogP contribution is 2.38. The third-order valence-electron chi connectivity index (χ3n) is 13.2. The van der Waals surface area contributed by atoms with Gasteiger partial charge >= 0.3 is 6.69 Å².